The monoisotopic (exact) mass is 288 g/mol. The lowest BCUT2D eigenvalue weighted by molar-refractivity contribution is -0.134. The van der Waals surface area contributed by atoms with E-state index in [0.29, 0.717) is 0 Å². The molecule has 0 fully saturated rings. The van der Waals surface area contributed by atoms with E-state index in [2.05, 4.69) is 11.8 Å². The van der Waals surface area contributed by atoms with Crippen molar-refractivity contribution in [2.75, 3.05) is 14.2 Å². The molecule has 2 atom stereocenters. The van der Waals surface area contributed by atoms with Gasteiger partial charge in [-0.25, -0.2) is 0 Å². The van der Waals surface area contributed by atoms with E-state index < -0.39 is 11.2 Å². The Morgan fingerprint density at radius 1 is 0.727 bits per heavy atom. The Bertz CT molecular complexity index is 739. The average Bonchev–Trinajstić information content (AvgIpc) is 2.60. The minimum atomic E-state index is -1.18. The first-order valence-electron chi connectivity index (χ1n) is 6.96. The molecule has 2 heteroatoms. The molecule has 0 bridgehead atoms. The molecule has 108 valence electrons. The molecule has 2 aromatic carbocycles. The van der Waals surface area contributed by atoms with Gasteiger partial charge in [-0.3, -0.25) is 0 Å². The Kier molecular flexibility index (Phi) is 3.30. The van der Waals surface area contributed by atoms with Gasteiger partial charge in [0.2, 0.25) is 0 Å². The average molecular weight is 288 g/mol. The van der Waals surface area contributed by atoms with Crippen LogP contribution in [0.5, 0.6) is 0 Å². The van der Waals surface area contributed by atoms with Crippen LogP contribution in [0, 0.1) is 24.7 Å². The second-order valence-electron chi connectivity index (χ2n) is 5.15. The molecule has 1 aliphatic rings. The lowest BCUT2D eigenvalue weighted by Crippen LogP contribution is -2.52. The van der Waals surface area contributed by atoms with Crippen LogP contribution < -0.4 is 0 Å². The maximum absolute atomic E-state index is 5.90. The van der Waals surface area contributed by atoms with Crippen molar-refractivity contribution in [1.82, 2.24) is 0 Å². The SMILES string of the molecule is C#CC1(OC)c2ccccc2-c2ccccc2C1(C#C)OC. The van der Waals surface area contributed by atoms with Crippen molar-refractivity contribution in [3.8, 4) is 35.8 Å². The van der Waals surface area contributed by atoms with E-state index >= 15 is 0 Å². The molecule has 0 spiro atoms. The zero-order chi connectivity index (χ0) is 15.8. The van der Waals surface area contributed by atoms with Crippen LogP contribution >= 0.6 is 0 Å². The molecule has 2 aromatic rings. The normalized spacial score (nSPS) is 25.5. The minimum Gasteiger partial charge on any atom is -0.357 e. The van der Waals surface area contributed by atoms with E-state index in [-0.39, 0.29) is 0 Å². The second-order valence-corrected chi connectivity index (χ2v) is 5.15. The molecular weight excluding hydrogens is 272 g/mol. The fraction of sp³-hybridized carbons (Fsp3) is 0.200. The zero-order valence-corrected chi connectivity index (χ0v) is 12.6. The molecule has 0 saturated carbocycles. The van der Waals surface area contributed by atoms with E-state index in [4.69, 9.17) is 22.3 Å². The first kappa shape index (κ1) is 14.4. The van der Waals surface area contributed by atoms with Crippen molar-refractivity contribution in [1.29, 1.82) is 0 Å². The lowest BCUT2D eigenvalue weighted by atomic mass is 9.65. The van der Waals surface area contributed by atoms with Gasteiger partial charge < -0.3 is 9.47 Å². The summed E-state index contributed by atoms with van der Waals surface area (Å²) in [6.07, 6.45) is 11.8. The number of hydrogen-bond acceptors (Lipinski definition) is 2. The maximum Gasteiger partial charge on any atom is 0.198 e. The second kappa shape index (κ2) is 5.04. The predicted molar refractivity (Wildman–Crippen MR) is 86.9 cm³/mol. The topological polar surface area (TPSA) is 18.5 Å². The Labute approximate surface area is 131 Å². The van der Waals surface area contributed by atoms with Gasteiger partial charge in [0, 0.05) is 25.3 Å². The third-order valence-corrected chi connectivity index (χ3v) is 4.42. The molecule has 0 radical (unpaired) electrons. The van der Waals surface area contributed by atoms with Crippen LogP contribution in [-0.2, 0) is 20.7 Å². The number of methoxy groups -OCH3 is 2. The van der Waals surface area contributed by atoms with Crippen molar-refractivity contribution in [2.45, 2.75) is 11.2 Å². The number of ether oxygens (including phenoxy) is 2. The summed E-state index contributed by atoms with van der Waals surface area (Å²) in [5.41, 5.74) is 1.36. The van der Waals surface area contributed by atoms with Gasteiger partial charge in [-0.2, -0.15) is 0 Å². The molecule has 2 unspecified atom stereocenters. The summed E-state index contributed by atoms with van der Waals surface area (Å²) < 4.78 is 11.6. The van der Waals surface area contributed by atoms with Gasteiger partial charge in [0.25, 0.3) is 0 Å². The number of benzene rings is 2. The van der Waals surface area contributed by atoms with E-state index in [1.165, 1.54) is 0 Å². The minimum absolute atomic E-state index is 0.846. The standard InChI is InChI=1S/C20H16O2/c1-5-19(21-3)17-13-9-7-11-15(17)16-12-8-10-14-18(16)20(19,6-2)22-4/h1-2,7-14H,3-4H3. The van der Waals surface area contributed by atoms with Crippen LogP contribution in [0.15, 0.2) is 48.5 Å². The third-order valence-electron chi connectivity index (χ3n) is 4.42. The van der Waals surface area contributed by atoms with Crippen molar-refractivity contribution in [3.63, 3.8) is 0 Å². The smallest absolute Gasteiger partial charge is 0.198 e. The summed E-state index contributed by atoms with van der Waals surface area (Å²) in [6.45, 7) is 0. The highest BCUT2D eigenvalue weighted by molar-refractivity contribution is 5.79. The van der Waals surface area contributed by atoms with Crippen LogP contribution in [0.1, 0.15) is 11.1 Å². The molecule has 0 N–H and O–H groups in total. The largest absolute Gasteiger partial charge is 0.357 e. The molecule has 3 rings (SSSR count). The summed E-state index contributed by atoms with van der Waals surface area (Å²) in [5, 5.41) is 0. The molecule has 0 aromatic heterocycles. The summed E-state index contributed by atoms with van der Waals surface area (Å²) >= 11 is 0. The predicted octanol–water partition coefficient (Wildman–Crippen LogP) is 3.32. The van der Waals surface area contributed by atoms with Gasteiger partial charge in [-0.05, 0) is 11.1 Å². The quantitative estimate of drug-likeness (QED) is 0.789. The molecular formula is C20H16O2. The highest BCUT2D eigenvalue weighted by Gasteiger charge is 2.58. The van der Waals surface area contributed by atoms with E-state index in [9.17, 15) is 0 Å². The van der Waals surface area contributed by atoms with Crippen molar-refractivity contribution >= 4 is 0 Å². The maximum atomic E-state index is 5.90. The first-order valence-corrected chi connectivity index (χ1v) is 6.96. The van der Waals surface area contributed by atoms with Gasteiger partial charge in [0.1, 0.15) is 0 Å². The highest BCUT2D eigenvalue weighted by atomic mass is 16.5. The van der Waals surface area contributed by atoms with Crippen LogP contribution in [0.3, 0.4) is 0 Å². The van der Waals surface area contributed by atoms with E-state index in [0.717, 1.165) is 22.3 Å². The molecule has 0 aliphatic heterocycles. The van der Waals surface area contributed by atoms with E-state index in [1.54, 1.807) is 14.2 Å². The number of terminal acetylenes is 2. The molecule has 1 aliphatic carbocycles. The van der Waals surface area contributed by atoms with Crippen LogP contribution in [0.25, 0.3) is 11.1 Å². The first-order chi connectivity index (χ1) is 10.7. The van der Waals surface area contributed by atoms with Crippen molar-refractivity contribution in [3.05, 3.63) is 59.7 Å². The number of rotatable bonds is 2. The summed E-state index contributed by atoms with van der Waals surface area (Å²) in [6, 6.07) is 15.7. The highest BCUT2D eigenvalue weighted by Crippen LogP contribution is 2.54. The fourth-order valence-electron chi connectivity index (χ4n) is 3.41. The number of fused-ring (bicyclic) bond motifs is 3. The van der Waals surface area contributed by atoms with Crippen LogP contribution in [0.2, 0.25) is 0 Å². The summed E-state index contributed by atoms with van der Waals surface area (Å²) in [5.74, 6) is 5.53. The Balaban J connectivity index is 2.53. The lowest BCUT2D eigenvalue weighted by Gasteiger charge is -2.47. The van der Waals surface area contributed by atoms with Crippen molar-refractivity contribution < 1.29 is 9.47 Å². The third kappa shape index (κ3) is 1.49. The summed E-state index contributed by atoms with van der Waals surface area (Å²) in [7, 11) is 3.13. The molecule has 0 amide bonds. The molecule has 2 nitrogen and oxygen atoms in total. The van der Waals surface area contributed by atoms with Crippen molar-refractivity contribution in [2.24, 2.45) is 0 Å². The Morgan fingerprint density at radius 2 is 1.09 bits per heavy atom. The Morgan fingerprint density at radius 3 is 1.41 bits per heavy atom. The Hall–Kier alpha value is -2.52. The summed E-state index contributed by atoms with van der Waals surface area (Å²) in [4.78, 5) is 0. The van der Waals surface area contributed by atoms with Gasteiger partial charge in [-0.1, -0.05) is 60.4 Å². The van der Waals surface area contributed by atoms with Crippen LogP contribution in [0.4, 0.5) is 0 Å². The fourth-order valence-corrected chi connectivity index (χ4v) is 3.41. The van der Waals surface area contributed by atoms with Gasteiger partial charge in [0.15, 0.2) is 11.2 Å². The van der Waals surface area contributed by atoms with Gasteiger partial charge in [-0.15, -0.1) is 12.8 Å². The van der Waals surface area contributed by atoms with Gasteiger partial charge >= 0.3 is 0 Å². The van der Waals surface area contributed by atoms with Crippen LogP contribution in [-0.4, -0.2) is 14.2 Å². The van der Waals surface area contributed by atoms with Gasteiger partial charge in [0.05, 0.1) is 0 Å². The molecule has 0 heterocycles. The number of hydrogen-bond donors (Lipinski definition) is 0. The van der Waals surface area contributed by atoms with E-state index in [1.807, 2.05) is 48.5 Å². The molecule has 0 saturated heterocycles. The molecule has 22 heavy (non-hydrogen) atoms. The zero-order valence-electron chi connectivity index (χ0n) is 12.6.